The molecule has 0 unspecified atom stereocenters. The number of benzene rings is 2. The standard InChI is InChI=1S/C17H17Cl2NO2/c1-17(2,3)11-4-5-15(21)10(6-11)9-20-14-8-12(18)7-13(19)16(14)22/h4-9,21-22H,1-3H3/b20-9+. The minimum absolute atomic E-state index is 0.0439. The summed E-state index contributed by atoms with van der Waals surface area (Å²) < 4.78 is 0. The first-order valence-corrected chi connectivity index (χ1v) is 7.49. The molecule has 0 aliphatic rings. The number of phenolic OH excluding ortho intramolecular Hbond substituents is 2. The third-order valence-corrected chi connectivity index (χ3v) is 3.75. The van der Waals surface area contributed by atoms with Gasteiger partial charge in [0.1, 0.15) is 11.4 Å². The Kier molecular flexibility index (Phi) is 4.69. The Labute approximate surface area is 139 Å². The fourth-order valence-electron chi connectivity index (χ4n) is 1.91. The zero-order valence-corrected chi connectivity index (χ0v) is 14.1. The molecule has 0 saturated carbocycles. The Morgan fingerprint density at radius 2 is 1.73 bits per heavy atom. The van der Waals surface area contributed by atoms with Gasteiger partial charge in [0, 0.05) is 16.8 Å². The molecule has 0 fully saturated rings. The minimum atomic E-state index is -0.145. The van der Waals surface area contributed by atoms with E-state index in [0.717, 1.165) is 5.56 Å². The van der Waals surface area contributed by atoms with Crippen LogP contribution in [0.15, 0.2) is 35.3 Å². The van der Waals surface area contributed by atoms with Crippen LogP contribution in [0.4, 0.5) is 5.69 Å². The first kappa shape index (κ1) is 16.7. The van der Waals surface area contributed by atoms with Gasteiger partial charge in [0.15, 0.2) is 5.75 Å². The fraction of sp³-hybridized carbons (Fsp3) is 0.235. The van der Waals surface area contributed by atoms with Crippen LogP contribution in [-0.4, -0.2) is 16.4 Å². The molecule has 2 N–H and O–H groups in total. The number of aliphatic imine (C=N–C) groups is 1. The van der Waals surface area contributed by atoms with Crippen molar-refractivity contribution in [1.82, 2.24) is 0 Å². The summed E-state index contributed by atoms with van der Waals surface area (Å²) in [5.74, 6) is -0.0295. The Morgan fingerprint density at radius 1 is 1.05 bits per heavy atom. The maximum absolute atomic E-state index is 9.95. The van der Waals surface area contributed by atoms with Gasteiger partial charge in [0.25, 0.3) is 0 Å². The van der Waals surface area contributed by atoms with Crippen molar-refractivity contribution in [3.05, 3.63) is 51.5 Å². The molecule has 0 atom stereocenters. The van der Waals surface area contributed by atoms with Crippen molar-refractivity contribution in [3.8, 4) is 11.5 Å². The molecular formula is C17H17Cl2NO2. The van der Waals surface area contributed by atoms with Gasteiger partial charge in [-0.2, -0.15) is 0 Å². The second kappa shape index (κ2) is 6.19. The van der Waals surface area contributed by atoms with Gasteiger partial charge in [-0.05, 0) is 35.2 Å². The quantitative estimate of drug-likeness (QED) is 0.715. The van der Waals surface area contributed by atoms with Crippen molar-refractivity contribution in [1.29, 1.82) is 0 Å². The molecule has 0 amide bonds. The second-order valence-corrected chi connectivity index (χ2v) is 6.88. The van der Waals surface area contributed by atoms with Gasteiger partial charge in [0.2, 0.25) is 0 Å². The van der Waals surface area contributed by atoms with Gasteiger partial charge in [-0.3, -0.25) is 4.99 Å². The topological polar surface area (TPSA) is 52.8 Å². The normalized spacial score (nSPS) is 12.0. The number of hydrogen-bond donors (Lipinski definition) is 2. The largest absolute Gasteiger partial charge is 0.507 e. The first-order valence-electron chi connectivity index (χ1n) is 6.74. The van der Waals surface area contributed by atoms with E-state index < -0.39 is 0 Å². The van der Waals surface area contributed by atoms with Gasteiger partial charge in [-0.15, -0.1) is 0 Å². The molecule has 0 saturated heterocycles. The highest BCUT2D eigenvalue weighted by Crippen LogP contribution is 2.37. The summed E-state index contributed by atoms with van der Waals surface area (Å²) in [6.07, 6.45) is 1.48. The van der Waals surface area contributed by atoms with E-state index in [1.54, 1.807) is 6.07 Å². The van der Waals surface area contributed by atoms with Gasteiger partial charge >= 0.3 is 0 Å². The Morgan fingerprint density at radius 3 is 2.36 bits per heavy atom. The van der Waals surface area contributed by atoms with Gasteiger partial charge in [0.05, 0.1) is 5.02 Å². The Bertz CT molecular complexity index is 734. The summed E-state index contributed by atoms with van der Waals surface area (Å²) in [4.78, 5) is 4.18. The van der Waals surface area contributed by atoms with Crippen LogP contribution >= 0.6 is 23.2 Å². The van der Waals surface area contributed by atoms with Crippen molar-refractivity contribution < 1.29 is 10.2 Å². The number of hydrogen-bond acceptors (Lipinski definition) is 3. The van der Waals surface area contributed by atoms with Crippen molar-refractivity contribution in [2.24, 2.45) is 4.99 Å². The van der Waals surface area contributed by atoms with Gasteiger partial charge < -0.3 is 10.2 Å². The smallest absolute Gasteiger partial charge is 0.160 e. The molecular weight excluding hydrogens is 321 g/mol. The highest BCUT2D eigenvalue weighted by molar-refractivity contribution is 6.36. The van der Waals surface area contributed by atoms with E-state index in [1.165, 1.54) is 18.3 Å². The van der Waals surface area contributed by atoms with Crippen LogP contribution in [0.2, 0.25) is 10.0 Å². The Hall–Kier alpha value is -1.71. The summed E-state index contributed by atoms with van der Waals surface area (Å²) in [6.45, 7) is 6.26. The number of rotatable bonds is 2. The molecule has 22 heavy (non-hydrogen) atoms. The Balaban J connectivity index is 2.43. The molecule has 0 bridgehead atoms. The minimum Gasteiger partial charge on any atom is -0.507 e. The fourth-order valence-corrected chi connectivity index (χ4v) is 2.40. The van der Waals surface area contributed by atoms with Crippen molar-refractivity contribution in [2.75, 3.05) is 0 Å². The predicted molar refractivity (Wildman–Crippen MR) is 92.2 cm³/mol. The number of phenols is 2. The molecule has 2 rings (SSSR count). The third kappa shape index (κ3) is 3.73. The van der Waals surface area contributed by atoms with Gasteiger partial charge in [-0.1, -0.05) is 50.0 Å². The summed E-state index contributed by atoms with van der Waals surface area (Å²) in [7, 11) is 0. The SMILES string of the molecule is CC(C)(C)c1ccc(O)c(/C=N/c2cc(Cl)cc(Cl)c2O)c1. The molecule has 0 aromatic heterocycles. The summed E-state index contributed by atoms with van der Waals surface area (Å²) in [5.41, 5.74) is 1.83. The lowest BCUT2D eigenvalue weighted by Gasteiger charge is -2.19. The number of nitrogens with zero attached hydrogens (tertiary/aromatic N) is 1. The van der Waals surface area contributed by atoms with E-state index >= 15 is 0 Å². The van der Waals surface area contributed by atoms with Crippen molar-refractivity contribution in [3.63, 3.8) is 0 Å². The molecule has 2 aromatic carbocycles. The number of halogens is 2. The van der Waals surface area contributed by atoms with Crippen LogP contribution < -0.4 is 0 Å². The highest BCUT2D eigenvalue weighted by Gasteiger charge is 2.15. The van der Waals surface area contributed by atoms with Crippen LogP contribution in [-0.2, 0) is 5.41 Å². The van der Waals surface area contributed by atoms with E-state index in [0.29, 0.717) is 10.6 Å². The van der Waals surface area contributed by atoms with E-state index in [4.69, 9.17) is 23.2 Å². The van der Waals surface area contributed by atoms with Crippen LogP contribution in [0.25, 0.3) is 0 Å². The molecule has 5 heteroatoms. The summed E-state index contributed by atoms with van der Waals surface area (Å²) >= 11 is 11.8. The number of aromatic hydroxyl groups is 2. The molecule has 0 aliphatic heterocycles. The predicted octanol–water partition coefficient (Wildman–Crippen LogP) is 5.45. The van der Waals surface area contributed by atoms with Gasteiger partial charge in [-0.25, -0.2) is 0 Å². The maximum Gasteiger partial charge on any atom is 0.160 e. The third-order valence-electron chi connectivity index (χ3n) is 3.24. The molecule has 0 aliphatic carbocycles. The van der Waals surface area contributed by atoms with E-state index in [1.807, 2.05) is 12.1 Å². The van der Waals surface area contributed by atoms with Crippen LogP contribution in [0, 0.1) is 0 Å². The van der Waals surface area contributed by atoms with Crippen molar-refractivity contribution in [2.45, 2.75) is 26.2 Å². The lowest BCUT2D eigenvalue weighted by molar-refractivity contribution is 0.472. The maximum atomic E-state index is 9.95. The second-order valence-electron chi connectivity index (χ2n) is 6.04. The zero-order chi connectivity index (χ0) is 16.5. The highest BCUT2D eigenvalue weighted by atomic mass is 35.5. The first-order chi connectivity index (χ1) is 10.2. The summed E-state index contributed by atoms with van der Waals surface area (Å²) in [5, 5.41) is 20.3. The van der Waals surface area contributed by atoms with Crippen LogP contribution in [0.5, 0.6) is 11.5 Å². The summed E-state index contributed by atoms with van der Waals surface area (Å²) in [6, 6.07) is 8.31. The molecule has 3 nitrogen and oxygen atoms in total. The monoisotopic (exact) mass is 337 g/mol. The average Bonchev–Trinajstić information content (AvgIpc) is 2.41. The molecule has 0 spiro atoms. The van der Waals surface area contributed by atoms with E-state index in [2.05, 4.69) is 25.8 Å². The van der Waals surface area contributed by atoms with Crippen molar-refractivity contribution >= 4 is 35.1 Å². The molecule has 0 radical (unpaired) electrons. The lowest BCUT2D eigenvalue weighted by atomic mass is 9.86. The molecule has 116 valence electrons. The zero-order valence-electron chi connectivity index (χ0n) is 12.6. The van der Waals surface area contributed by atoms with Crippen LogP contribution in [0.1, 0.15) is 31.9 Å². The molecule has 0 heterocycles. The lowest BCUT2D eigenvalue weighted by Crippen LogP contribution is -2.11. The van der Waals surface area contributed by atoms with E-state index in [9.17, 15) is 10.2 Å². The van der Waals surface area contributed by atoms with E-state index in [-0.39, 0.29) is 27.6 Å². The molecule has 2 aromatic rings. The average molecular weight is 338 g/mol. The van der Waals surface area contributed by atoms with Crippen LogP contribution in [0.3, 0.4) is 0 Å².